The molecule has 2 aromatic carbocycles. The van der Waals surface area contributed by atoms with Crippen molar-refractivity contribution in [1.82, 2.24) is 0 Å². The maximum absolute atomic E-state index is 12.9. The van der Waals surface area contributed by atoms with Crippen molar-refractivity contribution >= 4 is 0 Å². The molecule has 0 amide bonds. The molecule has 0 radical (unpaired) electrons. The van der Waals surface area contributed by atoms with Gasteiger partial charge in [-0.25, -0.2) is 4.39 Å². The number of fused-ring (bicyclic) bond motifs is 1. The average molecular weight is 272 g/mol. The van der Waals surface area contributed by atoms with Crippen LogP contribution in [0.1, 0.15) is 11.1 Å². The molecule has 0 bridgehead atoms. The summed E-state index contributed by atoms with van der Waals surface area (Å²) in [6, 6.07) is 14.2. The first-order valence-corrected chi connectivity index (χ1v) is 6.85. The third-order valence-corrected chi connectivity index (χ3v) is 3.81. The molecule has 0 saturated carbocycles. The number of aliphatic hydroxyl groups is 1. The van der Waals surface area contributed by atoms with E-state index in [1.807, 2.05) is 24.3 Å². The Balaban J connectivity index is 1.67. The highest BCUT2D eigenvalue weighted by Crippen LogP contribution is 2.29. The van der Waals surface area contributed by atoms with Crippen molar-refractivity contribution in [1.29, 1.82) is 0 Å². The molecule has 1 aliphatic rings. The van der Waals surface area contributed by atoms with Crippen molar-refractivity contribution in [3.63, 3.8) is 0 Å². The van der Waals surface area contributed by atoms with E-state index in [-0.39, 0.29) is 11.7 Å². The van der Waals surface area contributed by atoms with Gasteiger partial charge in [-0.15, -0.1) is 0 Å². The summed E-state index contributed by atoms with van der Waals surface area (Å²) in [4.78, 5) is 0. The van der Waals surface area contributed by atoms with Crippen molar-refractivity contribution < 1.29 is 14.2 Å². The SMILES string of the molecule is OC(Cc1ccc(F)cc1)C1COc2ccccc2C1. The Hall–Kier alpha value is -1.87. The second-order valence-electron chi connectivity index (χ2n) is 5.28. The van der Waals surface area contributed by atoms with Crippen LogP contribution in [-0.2, 0) is 12.8 Å². The molecule has 2 atom stereocenters. The molecule has 0 fully saturated rings. The minimum atomic E-state index is -0.478. The van der Waals surface area contributed by atoms with E-state index in [9.17, 15) is 9.50 Å². The van der Waals surface area contributed by atoms with Gasteiger partial charge in [-0.1, -0.05) is 30.3 Å². The zero-order valence-corrected chi connectivity index (χ0v) is 11.1. The molecular weight excluding hydrogens is 255 g/mol. The molecule has 20 heavy (non-hydrogen) atoms. The smallest absolute Gasteiger partial charge is 0.123 e. The van der Waals surface area contributed by atoms with Gasteiger partial charge in [0.05, 0.1) is 12.7 Å². The van der Waals surface area contributed by atoms with Gasteiger partial charge in [0.1, 0.15) is 11.6 Å². The van der Waals surface area contributed by atoms with Crippen LogP contribution in [0.25, 0.3) is 0 Å². The number of hydrogen-bond donors (Lipinski definition) is 1. The molecule has 0 aliphatic carbocycles. The number of aliphatic hydroxyl groups excluding tert-OH is 1. The number of halogens is 1. The van der Waals surface area contributed by atoms with Crippen molar-refractivity contribution in [2.75, 3.05) is 6.61 Å². The topological polar surface area (TPSA) is 29.5 Å². The Morgan fingerprint density at radius 2 is 1.90 bits per heavy atom. The van der Waals surface area contributed by atoms with Crippen molar-refractivity contribution in [2.45, 2.75) is 18.9 Å². The first-order chi connectivity index (χ1) is 9.72. The fourth-order valence-electron chi connectivity index (χ4n) is 2.63. The summed E-state index contributed by atoms with van der Waals surface area (Å²) in [5.41, 5.74) is 2.08. The molecule has 2 unspecified atom stereocenters. The lowest BCUT2D eigenvalue weighted by molar-refractivity contribution is 0.0652. The van der Waals surface area contributed by atoms with Crippen molar-refractivity contribution in [3.8, 4) is 5.75 Å². The lowest BCUT2D eigenvalue weighted by atomic mass is 9.89. The van der Waals surface area contributed by atoms with Crippen LogP contribution in [0.5, 0.6) is 5.75 Å². The van der Waals surface area contributed by atoms with Gasteiger partial charge in [-0.3, -0.25) is 0 Å². The lowest BCUT2D eigenvalue weighted by Crippen LogP contribution is -2.33. The second-order valence-corrected chi connectivity index (χ2v) is 5.28. The highest BCUT2D eigenvalue weighted by molar-refractivity contribution is 5.35. The minimum absolute atomic E-state index is 0.0787. The van der Waals surface area contributed by atoms with E-state index >= 15 is 0 Å². The largest absolute Gasteiger partial charge is 0.493 e. The van der Waals surface area contributed by atoms with Crippen LogP contribution >= 0.6 is 0 Å². The maximum Gasteiger partial charge on any atom is 0.123 e. The molecule has 3 rings (SSSR count). The normalized spacial score (nSPS) is 19.0. The molecule has 0 aromatic heterocycles. The summed E-state index contributed by atoms with van der Waals surface area (Å²) in [7, 11) is 0. The van der Waals surface area contributed by atoms with Gasteiger partial charge in [0.25, 0.3) is 0 Å². The number of hydrogen-bond acceptors (Lipinski definition) is 2. The molecule has 0 saturated heterocycles. The maximum atomic E-state index is 12.9. The van der Waals surface area contributed by atoms with Crippen molar-refractivity contribution in [2.24, 2.45) is 5.92 Å². The van der Waals surface area contributed by atoms with Crippen LogP contribution in [0.2, 0.25) is 0 Å². The monoisotopic (exact) mass is 272 g/mol. The Bertz CT molecular complexity index is 580. The third kappa shape index (κ3) is 2.83. The van der Waals surface area contributed by atoms with Crippen molar-refractivity contribution in [3.05, 3.63) is 65.5 Å². The van der Waals surface area contributed by atoms with E-state index in [0.29, 0.717) is 13.0 Å². The minimum Gasteiger partial charge on any atom is -0.493 e. The van der Waals surface area contributed by atoms with Gasteiger partial charge in [0.2, 0.25) is 0 Å². The third-order valence-electron chi connectivity index (χ3n) is 3.81. The van der Waals surface area contributed by atoms with Crippen LogP contribution in [-0.4, -0.2) is 17.8 Å². The summed E-state index contributed by atoms with van der Waals surface area (Å²) in [5.74, 6) is 0.742. The Morgan fingerprint density at radius 1 is 1.15 bits per heavy atom. The van der Waals surface area contributed by atoms with E-state index in [1.165, 1.54) is 12.1 Å². The fraction of sp³-hybridized carbons (Fsp3) is 0.294. The first kappa shape index (κ1) is 13.1. The molecule has 1 aliphatic heterocycles. The molecule has 1 heterocycles. The highest BCUT2D eigenvalue weighted by Gasteiger charge is 2.26. The lowest BCUT2D eigenvalue weighted by Gasteiger charge is -2.28. The standard InChI is InChI=1S/C17H17FO2/c18-15-7-5-12(6-8-15)9-16(19)14-10-13-3-1-2-4-17(13)20-11-14/h1-8,14,16,19H,9-11H2. The Labute approximate surface area is 117 Å². The van der Waals surface area contributed by atoms with Crippen LogP contribution < -0.4 is 4.74 Å². The quantitative estimate of drug-likeness (QED) is 0.930. The molecule has 104 valence electrons. The second kappa shape index (κ2) is 5.63. The highest BCUT2D eigenvalue weighted by atomic mass is 19.1. The molecule has 3 heteroatoms. The fourth-order valence-corrected chi connectivity index (χ4v) is 2.63. The van der Waals surface area contributed by atoms with E-state index in [1.54, 1.807) is 12.1 Å². The summed E-state index contributed by atoms with van der Waals surface area (Å²) >= 11 is 0. The van der Waals surface area contributed by atoms with Gasteiger partial charge >= 0.3 is 0 Å². The molecule has 2 aromatic rings. The van der Waals surface area contributed by atoms with Gasteiger partial charge in [0, 0.05) is 5.92 Å². The Kier molecular flexibility index (Phi) is 3.70. The van der Waals surface area contributed by atoms with Gasteiger partial charge in [-0.2, -0.15) is 0 Å². The van der Waals surface area contributed by atoms with E-state index in [4.69, 9.17) is 4.74 Å². The Morgan fingerprint density at radius 3 is 2.70 bits per heavy atom. The van der Waals surface area contributed by atoms with Gasteiger partial charge < -0.3 is 9.84 Å². The molecule has 2 nitrogen and oxygen atoms in total. The summed E-state index contributed by atoms with van der Waals surface area (Å²) in [6.45, 7) is 0.527. The number of benzene rings is 2. The molecule has 1 N–H and O–H groups in total. The summed E-state index contributed by atoms with van der Waals surface area (Å²) < 4.78 is 18.6. The van der Waals surface area contributed by atoms with Crippen LogP contribution in [0.15, 0.2) is 48.5 Å². The van der Waals surface area contributed by atoms with E-state index in [2.05, 4.69) is 0 Å². The number of para-hydroxylation sites is 1. The first-order valence-electron chi connectivity index (χ1n) is 6.85. The predicted molar refractivity (Wildman–Crippen MR) is 75.2 cm³/mol. The predicted octanol–water partition coefficient (Wildman–Crippen LogP) is 2.98. The van der Waals surface area contributed by atoms with Crippen LogP contribution in [0.3, 0.4) is 0 Å². The van der Waals surface area contributed by atoms with Gasteiger partial charge in [0.15, 0.2) is 0 Å². The van der Waals surface area contributed by atoms with E-state index < -0.39 is 6.10 Å². The molecular formula is C17H17FO2. The zero-order chi connectivity index (χ0) is 13.9. The number of ether oxygens (including phenoxy) is 1. The van der Waals surface area contributed by atoms with E-state index in [0.717, 1.165) is 23.3 Å². The van der Waals surface area contributed by atoms with Crippen LogP contribution in [0, 0.1) is 11.7 Å². The van der Waals surface area contributed by atoms with Crippen LogP contribution in [0.4, 0.5) is 4.39 Å². The average Bonchev–Trinajstić information content (AvgIpc) is 2.49. The van der Waals surface area contributed by atoms with Gasteiger partial charge in [-0.05, 0) is 42.2 Å². The summed E-state index contributed by atoms with van der Waals surface area (Å²) in [5, 5.41) is 10.3. The number of rotatable bonds is 3. The molecule has 0 spiro atoms. The summed E-state index contributed by atoms with van der Waals surface area (Å²) in [6.07, 6.45) is 0.864. The zero-order valence-electron chi connectivity index (χ0n) is 11.1.